The number of nitrogens with one attached hydrogen (secondary N) is 1. The van der Waals surface area contributed by atoms with Gasteiger partial charge in [0.2, 0.25) is 0 Å². The first-order chi connectivity index (χ1) is 11.7. The third kappa shape index (κ3) is 3.22. The summed E-state index contributed by atoms with van der Waals surface area (Å²) < 4.78 is 34.8. The maximum Gasteiger partial charge on any atom is 0.356 e. The number of aromatic nitrogens is 2. The first kappa shape index (κ1) is 17.7. The molecule has 0 unspecified atom stereocenters. The molecule has 0 saturated carbocycles. The lowest BCUT2D eigenvalue weighted by Crippen LogP contribution is -2.14. The quantitative estimate of drug-likeness (QED) is 0.680. The second-order valence-corrected chi connectivity index (χ2v) is 8.58. The van der Waals surface area contributed by atoms with E-state index < -0.39 is 16.0 Å². The summed E-state index contributed by atoms with van der Waals surface area (Å²) in [5.41, 5.74) is 0.134. The molecule has 2 heterocycles. The number of fused-ring (bicyclic) bond motifs is 1. The Bertz CT molecular complexity index is 1090. The van der Waals surface area contributed by atoms with Crippen molar-refractivity contribution in [2.24, 2.45) is 7.05 Å². The largest absolute Gasteiger partial charge is 0.464 e. The number of anilines is 1. The number of esters is 1. The van der Waals surface area contributed by atoms with Crippen LogP contribution in [-0.2, 0) is 21.8 Å². The van der Waals surface area contributed by atoms with Gasteiger partial charge in [-0.15, -0.1) is 11.3 Å². The molecule has 25 heavy (non-hydrogen) atoms. The van der Waals surface area contributed by atoms with E-state index in [-0.39, 0.29) is 16.4 Å². The van der Waals surface area contributed by atoms with E-state index in [1.165, 1.54) is 36.2 Å². The Morgan fingerprint density at radius 1 is 1.36 bits per heavy atom. The third-order valence-electron chi connectivity index (χ3n) is 3.55. The van der Waals surface area contributed by atoms with E-state index in [4.69, 9.17) is 11.6 Å². The normalized spacial score (nSPS) is 11.7. The maximum absolute atomic E-state index is 12.9. The molecule has 132 valence electrons. The molecule has 0 radical (unpaired) electrons. The topological polar surface area (TPSA) is 90.3 Å². The van der Waals surface area contributed by atoms with Gasteiger partial charge in [-0.05, 0) is 25.1 Å². The summed E-state index contributed by atoms with van der Waals surface area (Å²) in [4.78, 5) is 12.4. The Kier molecular flexibility index (Phi) is 4.48. The van der Waals surface area contributed by atoms with Crippen LogP contribution in [-0.4, -0.2) is 31.3 Å². The predicted molar refractivity (Wildman–Crippen MR) is 96.9 cm³/mol. The highest BCUT2D eigenvalue weighted by molar-refractivity contribution is 7.93. The molecule has 3 rings (SSSR count). The van der Waals surface area contributed by atoms with Crippen LogP contribution in [0.4, 0.5) is 5.82 Å². The van der Waals surface area contributed by atoms with Crippen LogP contribution in [0.1, 0.15) is 15.4 Å². The number of hydrogen-bond donors (Lipinski definition) is 1. The van der Waals surface area contributed by atoms with Gasteiger partial charge in [-0.3, -0.25) is 9.40 Å². The van der Waals surface area contributed by atoms with Gasteiger partial charge in [-0.25, -0.2) is 13.2 Å². The Morgan fingerprint density at radius 2 is 2.08 bits per heavy atom. The molecule has 0 fully saturated rings. The number of aryl methyl sites for hydroxylation is 2. The lowest BCUT2D eigenvalue weighted by molar-refractivity contribution is 0.0588. The molecule has 3 aromatic rings. The summed E-state index contributed by atoms with van der Waals surface area (Å²) in [6.07, 6.45) is 0. The molecule has 2 aromatic heterocycles. The molecular formula is C15H14ClN3O4S2. The highest BCUT2D eigenvalue weighted by Crippen LogP contribution is 2.36. The number of benzene rings is 1. The molecule has 1 aromatic carbocycles. The van der Waals surface area contributed by atoms with Crippen molar-refractivity contribution in [2.45, 2.75) is 11.8 Å². The molecule has 10 heteroatoms. The second kappa shape index (κ2) is 6.32. The highest BCUT2D eigenvalue weighted by Gasteiger charge is 2.25. The summed E-state index contributed by atoms with van der Waals surface area (Å²) in [7, 11) is -1.14. The first-order valence-electron chi connectivity index (χ1n) is 7.07. The number of carbonyl (C=O) groups is 1. The second-order valence-electron chi connectivity index (χ2n) is 5.26. The van der Waals surface area contributed by atoms with Gasteiger partial charge in [-0.1, -0.05) is 11.6 Å². The van der Waals surface area contributed by atoms with Gasteiger partial charge in [0.05, 0.1) is 7.11 Å². The standard InChI is InChI=1S/C15H14ClN3O4S2/c1-8-14(10-6-9(16)4-5-12(10)24-8)25(21,22)18-13-7-11(15(20)23-3)19(2)17-13/h4-7H,1-3H3,(H,17,18). The van der Waals surface area contributed by atoms with Crippen molar-refractivity contribution in [3.8, 4) is 0 Å². The zero-order valence-corrected chi connectivity index (χ0v) is 15.9. The van der Waals surface area contributed by atoms with Crippen molar-refractivity contribution in [2.75, 3.05) is 11.8 Å². The molecule has 0 aliphatic rings. The molecule has 7 nitrogen and oxygen atoms in total. The Morgan fingerprint density at radius 3 is 2.76 bits per heavy atom. The van der Waals surface area contributed by atoms with E-state index in [2.05, 4.69) is 14.6 Å². The van der Waals surface area contributed by atoms with Gasteiger partial charge in [0.25, 0.3) is 10.0 Å². The average molecular weight is 400 g/mol. The van der Waals surface area contributed by atoms with Crippen LogP contribution in [0.25, 0.3) is 10.1 Å². The van der Waals surface area contributed by atoms with Crippen LogP contribution in [0.15, 0.2) is 29.2 Å². The fourth-order valence-electron chi connectivity index (χ4n) is 2.50. The number of rotatable bonds is 4. The van der Waals surface area contributed by atoms with Crippen molar-refractivity contribution < 1.29 is 17.9 Å². The number of ether oxygens (including phenoxy) is 1. The monoisotopic (exact) mass is 399 g/mol. The molecule has 0 saturated heterocycles. The lowest BCUT2D eigenvalue weighted by Gasteiger charge is -2.06. The van der Waals surface area contributed by atoms with Crippen LogP contribution in [0.3, 0.4) is 0 Å². The SMILES string of the molecule is COC(=O)c1cc(NS(=O)(=O)c2c(C)sc3ccc(Cl)cc23)nn1C. The van der Waals surface area contributed by atoms with E-state index in [0.717, 1.165) is 4.70 Å². The van der Waals surface area contributed by atoms with E-state index in [1.807, 2.05) is 0 Å². The van der Waals surface area contributed by atoms with E-state index in [0.29, 0.717) is 15.3 Å². The number of hydrogen-bond acceptors (Lipinski definition) is 6. The maximum atomic E-state index is 12.9. The van der Waals surface area contributed by atoms with Crippen LogP contribution >= 0.6 is 22.9 Å². The summed E-state index contributed by atoms with van der Waals surface area (Å²) >= 11 is 7.37. The average Bonchev–Trinajstić information content (AvgIpc) is 3.04. The fraction of sp³-hybridized carbons (Fsp3) is 0.200. The number of thiophene rings is 1. The Labute approximate surface area is 153 Å². The van der Waals surface area contributed by atoms with Crippen molar-refractivity contribution in [3.63, 3.8) is 0 Å². The number of sulfonamides is 1. The van der Waals surface area contributed by atoms with Gasteiger partial charge >= 0.3 is 5.97 Å². The third-order valence-corrected chi connectivity index (χ3v) is 6.54. The van der Waals surface area contributed by atoms with Gasteiger partial charge in [-0.2, -0.15) is 5.10 Å². The minimum Gasteiger partial charge on any atom is -0.464 e. The van der Waals surface area contributed by atoms with Crippen LogP contribution in [0, 0.1) is 6.92 Å². The lowest BCUT2D eigenvalue weighted by atomic mass is 10.2. The van der Waals surface area contributed by atoms with E-state index in [9.17, 15) is 13.2 Å². The van der Waals surface area contributed by atoms with Crippen molar-refractivity contribution in [1.82, 2.24) is 9.78 Å². The zero-order chi connectivity index (χ0) is 18.4. The first-order valence-corrected chi connectivity index (χ1v) is 9.74. The van der Waals surface area contributed by atoms with Gasteiger partial charge in [0.15, 0.2) is 5.82 Å². The Balaban J connectivity index is 2.05. The number of halogens is 1. The number of methoxy groups -OCH3 is 1. The molecule has 1 N–H and O–H groups in total. The molecule has 0 aliphatic carbocycles. The van der Waals surface area contributed by atoms with Gasteiger partial charge < -0.3 is 4.74 Å². The highest BCUT2D eigenvalue weighted by atomic mass is 35.5. The van der Waals surface area contributed by atoms with Crippen molar-refractivity contribution in [1.29, 1.82) is 0 Å². The molecule has 0 amide bonds. The summed E-state index contributed by atoms with van der Waals surface area (Å²) in [5, 5.41) is 5.00. The number of nitrogens with zero attached hydrogens (tertiary/aromatic N) is 2. The van der Waals surface area contributed by atoms with Crippen LogP contribution in [0.2, 0.25) is 5.02 Å². The van der Waals surface area contributed by atoms with Gasteiger partial charge in [0, 0.05) is 33.1 Å². The summed E-state index contributed by atoms with van der Waals surface area (Å²) in [6, 6.07) is 6.43. The van der Waals surface area contributed by atoms with Crippen molar-refractivity contribution >= 4 is 54.8 Å². The molecule has 0 bridgehead atoms. The molecule has 0 atom stereocenters. The number of carbonyl (C=O) groups excluding carboxylic acids is 1. The van der Waals surface area contributed by atoms with Crippen LogP contribution in [0.5, 0.6) is 0 Å². The van der Waals surface area contributed by atoms with Gasteiger partial charge in [0.1, 0.15) is 10.6 Å². The van der Waals surface area contributed by atoms with Crippen molar-refractivity contribution in [3.05, 3.63) is 39.9 Å². The summed E-state index contributed by atoms with van der Waals surface area (Å²) in [5.74, 6) is -0.576. The minimum absolute atomic E-state index is 0.0312. The Hall–Kier alpha value is -2.10. The predicted octanol–water partition coefficient (Wildman–Crippen LogP) is 3.18. The van der Waals surface area contributed by atoms with Crippen LogP contribution < -0.4 is 4.72 Å². The molecule has 0 spiro atoms. The van der Waals surface area contributed by atoms with E-state index in [1.54, 1.807) is 25.1 Å². The molecular weight excluding hydrogens is 386 g/mol. The van der Waals surface area contributed by atoms with E-state index >= 15 is 0 Å². The summed E-state index contributed by atoms with van der Waals surface area (Å²) in [6.45, 7) is 1.73. The fourth-order valence-corrected chi connectivity index (χ4v) is 5.45. The minimum atomic E-state index is -3.91. The zero-order valence-electron chi connectivity index (χ0n) is 13.5. The molecule has 0 aliphatic heterocycles. The smallest absolute Gasteiger partial charge is 0.356 e.